The smallest absolute Gasteiger partial charge is 0.0905 e. The third kappa shape index (κ3) is 1.24. The Morgan fingerprint density at radius 2 is 2.25 bits per heavy atom. The summed E-state index contributed by atoms with van der Waals surface area (Å²) in [5.41, 5.74) is 3.28. The summed E-state index contributed by atoms with van der Waals surface area (Å²) in [5.74, 6) is 0. The highest BCUT2D eigenvalue weighted by molar-refractivity contribution is 6.53. The Morgan fingerprint density at radius 3 is 3.00 bits per heavy atom. The molecule has 0 aliphatic carbocycles. The second kappa shape index (κ2) is 3.05. The molecule has 0 aromatic rings. The molecule has 0 radical (unpaired) electrons. The largest absolute Gasteiger partial charge is 0.254 e. The van der Waals surface area contributed by atoms with Gasteiger partial charge < -0.3 is 0 Å². The van der Waals surface area contributed by atoms with Gasteiger partial charge in [-0.05, 0) is 25.0 Å². The van der Waals surface area contributed by atoms with E-state index in [0.717, 1.165) is 17.8 Å². The zero-order chi connectivity index (χ0) is 8.39. The first-order valence-corrected chi connectivity index (χ1v) is 4.44. The van der Waals surface area contributed by atoms with Gasteiger partial charge in [0.05, 0.1) is 11.4 Å². The van der Waals surface area contributed by atoms with Gasteiger partial charge in [0.25, 0.3) is 0 Å². The topological polar surface area (TPSA) is 24.7 Å². The van der Waals surface area contributed by atoms with Crippen LogP contribution < -0.4 is 0 Å². The molecule has 0 aromatic heterocycles. The van der Waals surface area contributed by atoms with Crippen molar-refractivity contribution in [3.05, 3.63) is 24.0 Å². The van der Waals surface area contributed by atoms with Crippen molar-refractivity contribution in [3.8, 4) is 0 Å². The summed E-state index contributed by atoms with van der Waals surface area (Å²) in [6.45, 7) is 2.20. The van der Waals surface area contributed by atoms with Gasteiger partial charge in [0.1, 0.15) is 0 Å². The van der Waals surface area contributed by atoms with Gasteiger partial charge in [-0.1, -0.05) is 13.3 Å². The standard InChI is InChI=1S/C10H12N2/c1-2-3-4-8-7-10-9(12-8)5-6-11-10/h5-7H,2-4H2,1H3. The van der Waals surface area contributed by atoms with Crippen molar-refractivity contribution in [1.82, 2.24) is 0 Å². The molecule has 0 aromatic carbocycles. The molecule has 0 fully saturated rings. The fraction of sp³-hybridized carbons (Fsp3) is 0.400. The third-order valence-corrected chi connectivity index (χ3v) is 2.06. The molecule has 0 saturated heterocycles. The second-order valence-corrected chi connectivity index (χ2v) is 3.07. The van der Waals surface area contributed by atoms with E-state index in [0.29, 0.717) is 0 Å². The molecular weight excluding hydrogens is 148 g/mol. The molecule has 0 N–H and O–H groups in total. The monoisotopic (exact) mass is 160 g/mol. The molecule has 2 heterocycles. The quantitative estimate of drug-likeness (QED) is 0.606. The Balaban J connectivity index is 2.04. The lowest BCUT2D eigenvalue weighted by Crippen LogP contribution is -1.98. The molecule has 2 heteroatoms. The molecule has 0 amide bonds. The van der Waals surface area contributed by atoms with Gasteiger partial charge in [0.15, 0.2) is 0 Å². The first-order valence-electron chi connectivity index (χ1n) is 4.44. The second-order valence-electron chi connectivity index (χ2n) is 3.07. The van der Waals surface area contributed by atoms with E-state index >= 15 is 0 Å². The molecule has 0 saturated carbocycles. The lowest BCUT2D eigenvalue weighted by atomic mass is 10.2. The van der Waals surface area contributed by atoms with E-state index in [4.69, 9.17) is 0 Å². The molecular formula is C10H12N2. The number of hydrogen-bond donors (Lipinski definition) is 0. The van der Waals surface area contributed by atoms with Crippen LogP contribution in [0.4, 0.5) is 0 Å². The minimum Gasteiger partial charge on any atom is -0.254 e. The third-order valence-electron chi connectivity index (χ3n) is 2.06. The molecule has 12 heavy (non-hydrogen) atoms. The van der Waals surface area contributed by atoms with E-state index in [2.05, 4.69) is 23.0 Å². The van der Waals surface area contributed by atoms with Crippen LogP contribution in [0.25, 0.3) is 0 Å². The number of nitrogens with zero attached hydrogens (tertiary/aromatic N) is 2. The van der Waals surface area contributed by atoms with E-state index in [-0.39, 0.29) is 0 Å². The maximum atomic E-state index is 4.45. The molecule has 0 spiro atoms. The predicted molar refractivity (Wildman–Crippen MR) is 51.6 cm³/mol. The first kappa shape index (κ1) is 7.47. The summed E-state index contributed by atoms with van der Waals surface area (Å²) in [5, 5.41) is 0. The summed E-state index contributed by atoms with van der Waals surface area (Å²) < 4.78 is 0. The van der Waals surface area contributed by atoms with Crippen LogP contribution >= 0.6 is 0 Å². The Hall–Kier alpha value is -1.18. The molecule has 2 aliphatic rings. The van der Waals surface area contributed by atoms with Crippen LogP contribution in [0.2, 0.25) is 0 Å². The van der Waals surface area contributed by atoms with Crippen LogP contribution in [-0.2, 0) is 0 Å². The Kier molecular flexibility index (Phi) is 1.90. The van der Waals surface area contributed by atoms with Crippen molar-refractivity contribution in [2.24, 2.45) is 9.98 Å². The van der Waals surface area contributed by atoms with Gasteiger partial charge in [0.2, 0.25) is 0 Å². The average molecular weight is 160 g/mol. The van der Waals surface area contributed by atoms with Crippen molar-refractivity contribution >= 4 is 11.4 Å². The highest BCUT2D eigenvalue weighted by atomic mass is 14.9. The highest BCUT2D eigenvalue weighted by Gasteiger charge is 2.15. The lowest BCUT2D eigenvalue weighted by molar-refractivity contribution is 0.784. The number of unbranched alkanes of at least 4 members (excludes halogenated alkanes) is 1. The minimum absolute atomic E-state index is 1.04. The fourth-order valence-corrected chi connectivity index (χ4v) is 1.38. The van der Waals surface area contributed by atoms with Crippen LogP contribution in [0, 0.1) is 0 Å². The van der Waals surface area contributed by atoms with E-state index < -0.39 is 0 Å². The van der Waals surface area contributed by atoms with Gasteiger partial charge in [-0.2, -0.15) is 0 Å². The van der Waals surface area contributed by atoms with Gasteiger partial charge in [0, 0.05) is 11.9 Å². The van der Waals surface area contributed by atoms with Crippen molar-refractivity contribution < 1.29 is 0 Å². The van der Waals surface area contributed by atoms with E-state index in [1.54, 1.807) is 6.20 Å². The lowest BCUT2D eigenvalue weighted by Gasteiger charge is -1.93. The SMILES string of the molecule is CCCCC1=CC2=NC=CC2=N1. The number of fused-ring (bicyclic) bond motifs is 1. The van der Waals surface area contributed by atoms with Gasteiger partial charge in [-0.25, -0.2) is 0 Å². The van der Waals surface area contributed by atoms with Gasteiger partial charge >= 0.3 is 0 Å². The summed E-state index contributed by atoms with van der Waals surface area (Å²) in [4.78, 5) is 8.63. The summed E-state index contributed by atoms with van der Waals surface area (Å²) in [6, 6.07) is 0. The summed E-state index contributed by atoms with van der Waals surface area (Å²) in [6.07, 6.45) is 9.40. The van der Waals surface area contributed by atoms with Crippen LogP contribution in [0.3, 0.4) is 0 Å². The molecule has 0 bridgehead atoms. The Labute approximate surface area is 72.4 Å². The van der Waals surface area contributed by atoms with E-state index in [1.807, 2.05) is 6.08 Å². The fourth-order valence-electron chi connectivity index (χ4n) is 1.38. The minimum atomic E-state index is 1.04. The van der Waals surface area contributed by atoms with Gasteiger partial charge in [-0.3, -0.25) is 9.98 Å². The van der Waals surface area contributed by atoms with Crippen molar-refractivity contribution in [3.63, 3.8) is 0 Å². The predicted octanol–water partition coefficient (Wildman–Crippen LogP) is 2.48. The number of rotatable bonds is 3. The number of allylic oxidation sites excluding steroid dienone is 3. The summed E-state index contributed by atoms with van der Waals surface area (Å²) in [7, 11) is 0. The molecule has 2 rings (SSSR count). The maximum Gasteiger partial charge on any atom is 0.0905 e. The average Bonchev–Trinajstić information content (AvgIpc) is 2.58. The van der Waals surface area contributed by atoms with E-state index in [1.165, 1.54) is 18.5 Å². The van der Waals surface area contributed by atoms with Crippen molar-refractivity contribution in [1.29, 1.82) is 0 Å². The Morgan fingerprint density at radius 1 is 1.33 bits per heavy atom. The van der Waals surface area contributed by atoms with Gasteiger partial charge in [-0.15, -0.1) is 0 Å². The first-order chi connectivity index (χ1) is 5.90. The zero-order valence-electron chi connectivity index (χ0n) is 7.25. The maximum absolute atomic E-state index is 4.45. The zero-order valence-corrected chi connectivity index (χ0v) is 7.25. The molecule has 0 unspecified atom stereocenters. The molecule has 62 valence electrons. The van der Waals surface area contributed by atoms with Crippen LogP contribution in [0.1, 0.15) is 26.2 Å². The van der Waals surface area contributed by atoms with Crippen LogP contribution in [0.15, 0.2) is 34.0 Å². The number of aliphatic imine (C=N–C) groups is 2. The molecule has 0 atom stereocenters. The highest BCUT2D eigenvalue weighted by Crippen LogP contribution is 2.18. The van der Waals surface area contributed by atoms with Crippen molar-refractivity contribution in [2.75, 3.05) is 0 Å². The molecule has 2 nitrogen and oxygen atoms in total. The number of hydrogen-bond acceptors (Lipinski definition) is 2. The van der Waals surface area contributed by atoms with E-state index in [9.17, 15) is 0 Å². The summed E-state index contributed by atoms with van der Waals surface area (Å²) >= 11 is 0. The molecule has 2 aliphatic heterocycles. The van der Waals surface area contributed by atoms with Crippen molar-refractivity contribution in [2.45, 2.75) is 26.2 Å². The van der Waals surface area contributed by atoms with Crippen LogP contribution in [-0.4, -0.2) is 11.4 Å². The Bertz CT molecular complexity index is 306. The van der Waals surface area contributed by atoms with Crippen LogP contribution in [0.5, 0.6) is 0 Å². The normalized spacial score (nSPS) is 18.9.